The number of aromatic nitrogens is 4. The predicted octanol–water partition coefficient (Wildman–Crippen LogP) is 2.51. The summed E-state index contributed by atoms with van der Waals surface area (Å²) < 4.78 is 2.00. The molecule has 0 fully saturated rings. The van der Waals surface area contributed by atoms with Gasteiger partial charge in [0.1, 0.15) is 5.52 Å². The van der Waals surface area contributed by atoms with Crippen molar-refractivity contribution in [2.45, 2.75) is 6.54 Å². The van der Waals surface area contributed by atoms with E-state index in [1.807, 2.05) is 66.2 Å². The third-order valence-corrected chi connectivity index (χ3v) is 4.34. The largest absolute Gasteiger partial charge is 0.357 e. The molecule has 0 atom stereocenters. The van der Waals surface area contributed by atoms with Crippen LogP contribution in [0, 0.1) is 0 Å². The third-order valence-electron chi connectivity index (χ3n) is 4.09. The second-order valence-corrected chi connectivity index (χ2v) is 6.21. The number of hydrogen-bond acceptors (Lipinski definition) is 5. The van der Waals surface area contributed by atoms with Crippen molar-refractivity contribution in [1.82, 2.24) is 30.5 Å². The highest BCUT2D eigenvalue weighted by atomic mass is 32.1. The van der Waals surface area contributed by atoms with Crippen molar-refractivity contribution >= 4 is 45.3 Å². The predicted molar refractivity (Wildman–Crippen MR) is 106 cm³/mol. The van der Waals surface area contributed by atoms with Gasteiger partial charge >= 0.3 is 0 Å². The zero-order valence-corrected chi connectivity index (χ0v) is 14.9. The van der Waals surface area contributed by atoms with Crippen LogP contribution in [0.2, 0.25) is 0 Å². The maximum absolute atomic E-state index is 5.26. The molecule has 2 aromatic carbocycles. The van der Waals surface area contributed by atoms with E-state index in [1.54, 1.807) is 0 Å². The first-order valence-corrected chi connectivity index (χ1v) is 8.55. The van der Waals surface area contributed by atoms with Crippen LogP contribution in [0.25, 0.3) is 22.1 Å². The van der Waals surface area contributed by atoms with Crippen molar-refractivity contribution in [3.8, 4) is 0 Å². The van der Waals surface area contributed by atoms with Crippen LogP contribution in [0.1, 0.15) is 5.56 Å². The van der Waals surface area contributed by atoms with Gasteiger partial charge in [0.2, 0.25) is 0 Å². The van der Waals surface area contributed by atoms with Crippen molar-refractivity contribution in [1.29, 1.82) is 0 Å². The van der Waals surface area contributed by atoms with Gasteiger partial charge < -0.3 is 9.88 Å². The molecule has 0 unspecified atom stereocenters. The molecule has 3 N–H and O–H groups in total. The Morgan fingerprint density at radius 2 is 1.81 bits per heavy atom. The van der Waals surface area contributed by atoms with Crippen LogP contribution in [0.5, 0.6) is 0 Å². The summed E-state index contributed by atoms with van der Waals surface area (Å²) in [6.45, 7) is 0.635. The summed E-state index contributed by atoms with van der Waals surface area (Å²) >= 11 is 5.26. The van der Waals surface area contributed by atoms with Gasteiger partial charge in [-0.05, 0) is 23.8 Å². The van der Waals surface area contributed by atoms with Crippen LogP contribution in [-0.2, 0) is 13.6 Å². The van der Waals surface area contributed by atoms with Gasteiger partial charge in [0.15, 0.2) is 10.8 Å². The van der Waals surface area contributed by atoms with E-state index in [9.17, 15) is 0 Å². The van der Waals surface area contributed by atoms with Gasteiger partial charge in [-0.2, -0.15) is 4.98 Å². The second-order valence-electron chi connectivity index (χ2n) is 5.80. The summed E-state index contributed by atoms with van der Waals surface area (Å²) in [5, 5.41) is 13.0. The molecule has 0 bridgehead atoms. The summed E-state index contributed by atoms with van der Waals surface area (Å²) in [6, 6.07) is 18.0. The fourth-order valence-corrected chi connectivity index (χ4v) is 2.92. The van der Waals surface area contributed by atoms with Crippen molar-refractivity contribution in [3.63, 3.8) is 0 Å². The van der Waals surface area contributed by atoms with E-state index in [1.165, 1.54) is 0 Å². The summed E-state index contributed by atoms with van der Waals surface area (Å²) in [5.74, 6) is 0.354. The van der Waals surface area contributed by atoms with E-state index in [0.29, 0.717) is 17.6 Å². The lowest BCUT2D eigenvalue weighted by molar-refractivity contribution is 0.871. The Hall–Kier alpha value is -3.26. The number of benzene rings is 2. The average molecular weight is 363 g/mol. The average Bonchev–Trinajstić information content (AvgIpc) is 2.98. The fourth-order valence-electron chi connectivity index (χ4n) is 2.79. The highest BCUT2D eigenvalue weighted by Gasteiger charge is 2.12. The van der Waals surface area contributed by atoms with E-state index in [-0.39, 0.29) is 0 Å². The van der Waals surface area contributed by atoms with Crippen LogP contribution in [0.3, 0.4) is 0 Å². The van der Waals surface area contributed by atoms with Crippen LogP contribution >= 0.6 is 12.2 Å². The van der Waals surface area contributed by atoms with Gasteiger partial charge in [-0.1, -0.05) is 48.5 Å². The molecule has 0 aliphatic carbocycles. The van der Waals surface area contributed by atoms with Gasteiger partial charge in [0, 0.05) is 19.0 Å². The van der Waals surface area contributed by atoms with E-state index in [0.717, 1.165) is 27.6 Å². The van der Waals surface area contributed by atoms with Gasteiger partial charge in [-0.3, -0.25) is 10.9 Å². The molecule has 0 radical (unpaired) electrons. The molecule has 8 heteroatoms. The number of nitrogens with zero attached hydrogens (tertiary/aromatic N) is 4. The Labute approximate surface area is 155 Å². The van der Waals surface area contributed by atoms with Crippen LogP contribution < -0.4 is 16.2 Å². The monoisotopic (exact) mass is 363 g/mol. The maximum atomic E-state index is 5.26. The Morgan fingerprint density at radius 3 is 2.65 bits per heavy atom. The molecule has 7 nitrogen and oxygen atoms in total. The van der Waals surface area contributed by atoms with Crippen LogP contribution in [-0.4, -0.2) is 24.9 Å². The molecular formula is C18H17N7S. The number of rotatable bonds is 4. The lowest BCUT2D eigenvalue weighted by Gasteiger charge is -2.11. The molecule has 0 aliphatic rings. The quantitative estimate of drug-likeness (QED) is 0.380. The first-order chi connectivity index (χ1) is 12.7. The number of thiocarbonyl (C=S) groups is 1. The van der Waals surface area contributed by atoms with Crippen molar-refractivity contribution in [2.75, 3.05) is 5.43 Å². The van der Waals surface area contributed by atoms with Crippen molar-refractivity contribution in [2.24, 2.45) is 7.05 Å². The molecule has 130 valence electrons. The first-order valence-electron chi connectivity index (χ1n) is 8.14. The number of nitrogens with one attached hydrogen (secondary N) is 3. The highest BCUT2D eigenvalue weighted by Crippen LogP contribution is 2.24. The number of aryl methyl sites for hydroxylation is 1. The van der Waals surface area contributed by atoms with Crippen LogP contribution in [0.4, 0.5) is 5.95 Å². The van der Waals surface area contributed by atoms with Gasteiger partial charge in [-0.15, -0.1) is 10.2 Å². The van der Waals surface area contributed by atoms with E-state index in [2.05, 4.69) is 31.3 Å². The number of hydrogen-bond donors (Lipinski definition) is 3. The molecule has 26 heavy (non-hydrogen) atoms. The van der Waals surface area contributed by atoms with Gasteiger partial charge in [0.25, 0.3) is 5.95 Å². The molecule has 0 spiro atoms. The Bertz CT molecular complexity index is 1070. The third kappa shape index (κ3) is 3.14. The zero-order valence-electron chi connectivity index (χ0n) is 14.1. The highest BCUT2D eigenvalue weighted by molar-refractivity contribution is 7.80. The molecule has 4 rings (SSSR count). The maximum Gasteiger partial charge on any atom is 0.263 e. The topological polar surface area (TPSA) is 79.7 Å². The minimum absolute atomic E-state index is 0.354. The summed E-state index contributed by atoms with van der Waals surface area (Å²) in [4.78, 5) is 4.53. The van der Waals surface area contributed by atoms with E-state index < -0.39 is 0 Å². The fraction of sp³-hybridized carbons (Fsp3) is 0.111. The summed E-state index contributed by atoms with van der Waals surface area (Å²) in [5.41, 5.74) is 9.52. The van der Waals surface area contributed by atoms with Crippen LogP contribution in [0.15, 0.2) is 54.6 Å². The number of hydrazine groups is 1. The molecule has 0 saturated heterocycles. The Kier molecular flexibility index (Phi) is 4.32. The van der Waals surface area contributed by atoms with Crippen molar-refractivity contribution in [3.05, 3.63) is 60.2 Å². The SMILES string of the molecule is Cn1c2ccccc2c2nnc(NNC(=S)NCc3ccccc3)nc21. The summed E-state index contributed by atoms with van der Waals surface area (Å²) in [7, 11) is 1.96. The smallest absolute Gasteiger partial charge is 0.263 e. The Balaban J connectivity index is 1.45. The molecule has 0 saturated carbocycles. The molecular weight excluding hydrogens is 346 g/mol. The van der Waals surface area contributed by atoms with E-state index >= 15 is 0 Å². The van der Waals surface area contributed by atoms with Gasteiger partial charge in [-0.25, -0.2) is 0 Å². The molecule has 2 heterocycles. The number of fused-ring (bicyclic) bond motifs is 3. The standard InChI is InChI=1S/C18H17N7S/c1-25-14-10-6-5-9-13(14)15-16(25)20-17(22-21-15)23-24-18(26)19-11-12-7-3-2-4-8-12/h2-10H,11H2,1H3,(H2,19,24,26)(H,20,22,23). The minimum atomic E-state index is 0.354. The first kappa shape index (κ1) is 16.2. The molecule has 2 aromatic heterocycles. The molecule has 4 aromatic rings. The number of para-hydroxylation sites is 1. The minimum Gasteiger partial charge on any atom is -0.357 e. The molecule has 0 aliphatic heterocycles. The summed E-state index contributed by atoms with van der Waals surface area (Å²) in [6.07, 6.45) is 0. The van der Waals surface area contributed by atoms with E-state index in [4.69, 9.17) is 12.2 Å². The normalized spacial score (nSPS) is 10.8. The van der Waals surface area contributed by atoms with Gasteiger partial charge in [0.05, 0.1) is 5.52 Å². The zero-order chi connectivity index (χ0) is 17.9. The number of anilines is 1. The van der Waals surface area contributed by atoms with Crippen molar-refractivity contribution < 1.29 is 0 Å². The molecule has 0 amide bonds. The Morgan fingerprint density at radius 1 is 1.04 bits per heavy atom. The lowest BCUT2D eigenvalue weighted by Crippen LogP contribution is -2.38. The lowest BCUT2D eigenvalue weighted by atomic mass is 10.2. The second kappa shape index (κ2) is 6.93.